The first-order valence-electron chi connectivity index (χ1n) is 9.89. The Bertz CT molecular complexity index is 1120. The van der Waals surface area contributed by atoms with E-state index in [-0.39, 0.29) is 29.8 Å². The van der Waals surface area contributed by atoms with Crippen LogP contribution in [0.15, 0.2) is 42.5 Å². The van der Waals surface area contributed by atoms with Gasteiger partial charge >= 0.3 is 6.03 Å². The number of amides is 2. The van der Waals surface area contributed by atoms with Gasteiger partial charge in [-0.2, -0.15) is 0 Å². The largest absolute Gasteiger partial charge is 0.497 e. The van der Waals surface area contributed by atoms with Crippen molar-refractivity contribution in [2.75, 3.05) is 38.7 Å². The number of urea groups is 1. The minimum absolute atomic E-state index is 0.0233. The molecule has 3 heterocycles. The number of rotatable bonds is 3. The van der Waals surface area contributed by atoms with E-state index in [4.69, 9.17) is 4.74 Å². The number of anilines is 1. The average molecular weight is 410 g/mol. The van der Waals surface area contributed by atoms with Gasteiger partial charge in [0.05, 0.1) is 25.4 Å². The molecule has 0 radical (unpaired) electrons. The highest BCUT2D eigenvalue weighted by molar-refractivity contribution is 5.92. The number of ether oxygens (including phenoxy) is 1. The number of hydrogen-bond donors (Lipinski definition) is 4. The lowest BCUT2D eigenvalue weighted by molar-refractivity contribution is 0.0841. The molecule has 1 spiro atoms. The van der Waals surface area contributed by atoms with Crippen LogP contribution in [0.5, 0.6) is 5.75 Å². The van der Waals surface area contributed by atoms with Gasteiger partial charge in [0.1, 0.15) is 11.6 Å². The van der Waals surface area contributed by atoms with Crippen molar-refractivity contribution in [2.45, 2.75) is 11.5 Å². The Morgan fingerprint density at radius 3 is 2.87 bits per heavy atom. The SMILES string of the molecule is COc1ccc2c3c([nH]c2c1)[C@@H](CO)NCC31CN(C(=O)Nc2ccccc2F)C1. The third kappa shape index (κ3) is 2.83. The molecule has 0 bridgehead atoms. The third-order valence-electron chi connectivity index (χ3n) is 6.17. The molecule has 1 saturated heterocycles. The van der Waals surface area contributed by atoms with Crippen LogP contribution in [0.25, 0.3) is 10.9 Å². The van der Waals surface area contributed by atoms with E-state index in [0.717, 1.165) is 27.9 Å². The van der Waals surface area contributed by atoms with Gasteiger partial charge in [-0.05, 0) is 29.8 Å². The minimum atomic E-state index is -0.459. The molecule has 30 heavy (non-hydrogen) atoms. The standard InChI is InChI=1S/C22H23FN4O3/c1-30-13-6-7-14-17(8-13)25-20-18(9-28)24-10-22(19(14)20)11-27(12-22)21(29)26-16-5-3-2-4-15(16)23/h2-8,18,24-25,28H,9-12H2,1H3,(H,26,29)/t18-/m1/s1. The average Bonchev–Trinajstić information content (AvgIpc) is 3.12. The molecule has 5 rings (SSSR count). The summed E-state index contributed by atoms with van der Waals surface area (Å²) in [5.74, 6) is 0.294. The van der Waals surface area contributed by atoms with Crippen molar-refractivity contribution in [3.05, 3.63) is 59.5 Å². The lowest BCUT2D eigenvalue weighted by Crippen LogP contribution is -2.67. The molecule has 0 saturated carbocycles. The molecule has 2 aromatic carbocycles. The first-order chi connectivity index (χ1) is 14.5. The zero-order valence-corrected chi connectivity index (χ0v) is 16.5. The number of aliphatic hydroxyl groups excluding tert-OH is 1. The molecule has 8 heteroatoms. The van der Waals surface area contributed by atoms with E-state index in [9.17, 15) is 14.3 Å². The first kappa shape index (κ1) is 18.9. The zero-order valence-electron chi connectivity index (χ0n) is 16.5. The molecule has 0 unspecified atom stereocenters. The summed E-state index contributed by atoms with van der Waals surface area (Å²) >= 11 is 0. The van der Waals surface area contributed by atoms with Crippen LogP contribution in [0.3, 0.4) is 0 Å². The number of aliphatic hydroxyl groups is 1. The molecule has 2 amide bonds. The molecule has 4 N–H and O–H groups in total. The molecule has 7 nitrogen and oxygen atoms in total. The lowest BCUT2D eigenvalue weighted by Gasteiger charge is -2.53. The van der Waals surface area contributed by atoms with Gasteiger partial charge < -0.3 is 30.4 Å². The number of aromatic nitrogens is 1. The summed E-state index contributed by atoms with van der Waals surface area (Å²) in [5.41, 5.74) is 2.93. The Morgan fingerprint density at radius 2 is 2.13 bits per heavy atom. The number of nitrogens with one attached hydrogen (secondary N) is 3. The summed E-state index contributed by atoms with van der Waals surface area (Å²) < 4.78 is 19.2. The summed E-state index contributed by atoms with van der Waals surface area (Å²) in [6.45, 7) is 1.63. The van der Waals surface area contributed by atoms with E-state index in [2.05, 4.69) is 15.6 Å². The molecule has 0 aliphatic carbocycles. The number of aromatic amines is 1. The third-order valence-corrected chi connectivity index (χ3v) is 6.17. The summed E-state index contributed by atoms with van der Waals surface area (Å²) in [4.78, 5) is 17.8. The maximum atomic E-state index is 13.9. The smallest absolute Gasteiger partial charge is 0.321 e. The quantitative estimate of drug-likeness (QED) is 0.535. The van der Waals surface area contributed by atoms with Gasteiger partial charge in [0.2, 0.25) is 0 Å². The number of fused-ring (bicyclic) bond motifs is 4. The fourth-order valence-electron chi connectivity index (χ4n) is 4.68. The predicted molar refractivity (Wildman–Crippen MR) is 111 cm³/mol. The van der Waals surface area contributed by atoms with Gasteiger partial charge in [-0.3, -0.25) is 0 Å². The Kier molecular flexibility index (Phi) is 4.41. The highest BCUT2D eigenvalue weighted by Gasteiger charge is 2.51. The van der Waals surface area contributed by atoms with Crippen molar-refractivity contribution in [2.24, 2.45) is 0 Å². The van der Waals surface area contributed by atoms with Crippen molar-refractivity contribution >= 4 is 22.6 Å². The molecule has 1 fully saturated rings. The predicted octanol–water partition coefficient (Wildman–Crippen LogP) is 2.74. The number of para-hydroxylation sites is 1. The van der Waals surface area contributed by atoms with Gasteiger partial charge in [-0.15, -0.1) is 0 Å². The maximum Gasteiger partial charge on any atom is 0.321 e. The minimum Gasteiger partial charge on any atom is -0.497 e. The number of likely N-dealkylation sites (tertiary alicyclic amines) is 1. The second-order valence-electron chi connectivity index (χ2n) is 7.99. The molecule has 2 aliphatic rings. The number of carbonyl (C=O) groups excluding carboxylic acids is 1. The van der Waals surface area contributed by atoms with Crippen molar-refractivity contribution in [3.8, 4) is 5.75 Å². The van der Waals surface area contributed by atoms with Gasteiger partial charge in [0.25, 0.3) is 0 Å². The Balaban J connectivity index is 1.44. The van der Waals surface area contributed by atoms with Gasteiger partial charge in [-0.25, -0.2) is 9.18 Å². The van der Waals surface area contributed by atoms with Crippen LogP contribution < -0.4 is 15.4 Å². The molecule has 1 aromatic heterocycles. The summed E-state index contributed by atoms with van der Waals surface area (Å²) in [6, 6.07) is 11.5. The van der Waals surface area contributed by atoms with Gasteiger partial charge in [0.15, 0.2) is 0 Å². The highest BCUT2D eigenvalue weighted by atomic mass is 19.1. The first-order valence-corrected chi connectivity index (χ1v) is 9.89. The fourth-order valence-corrected chi connectivity index (χ4v) is 4.68. The zero-order chi connectivity index (χ0) is 20.9. The monoisotopic (exact) mass is 410 g/mol. The van der Waals surface area contributed by atoms with E-state index < -0.39 is 5.82 Å². The number of carbonyl (C=O) groups is 1. The van der Waals surface area contributed by atoms with Crippen molar-refractivity contribution in [3.63, 3.8) is 0 Å². The molecular weight excluding hydrogens is 387 g/mol. The fraction of sp³-hybridized carbons (Fsp3) is 0.318. The van der Waals surface area contributed by atoms with E-state index >= 15 is 0 Å². The summed E-state index contributed by atoms with van der Waals surface area (Å²) in [6.07, 6.45) is 0. The summed E-state index contributed by atoms with van der Waals surface area (Å²) in [5, 5.41) is 17.0. The van der Waals surface area contributed by atoms with Crippen LogP contribution in [0, 0.1) is 5.82 Å². The van der Waals surface area contributed by atoms with E-state index in [1.165, 1.54) is 6.07 Å². The van der Waals surface area contributed by atoms with Crippen molar-refractivity contribution in [1.29, 1.82) is 0 Å². The maximum absolute atomic E-state index is 13.9. The molecule has 1 atom stereocenters. The molecular formula is C22H23FN4O3. The Hall–Kier alpha value is -3.10. The Morgan fingerprint density at radius 1 is 1.33 bits per heavy atom. The number of halogens is 1. The van der Waals surface area contributed by atoms with Crippen LogP contribution in [-0.2, 0) is 5.41 Å². The van der Waals surface area contributed by atoms with Crippen LogP contribution in [-0.4, -0.2) is 54.4 Å². The Labute approximate surface area is 172 Å². The number of methoxy groups -OCH3 is 1. The topological polar surface area (TPSA) is 89.6 Å². The number of benzene rings is 2. The molecule has 3 aromatic rings. The molecule has 156 valence electrons. The number of H-pyrrole nitrogens is 1. The van der Waals surface area contributed by atoms with Crippen molar-refractivity contribution in [1.82, 2.24) is 15.2 Å². The van der Waals surface area contributed by atoms with Crippen LogP contribution in [0.1, 0.15) is 17.3 Å². The number of nitrogens with zero attached hydrogens (tertiary/aromatic N) is 1. The van der Waals surface area contributed by atoms with Gasteiger partial charge in [-0.1, -0.05) is 12.1 Å². The van der Waals surface area contributed by atoms with Crippen LogP contribution in [0.4, 0.5) is 14.9 Å². The van der Waals surface area contributed by atoms with E-state index in [1.54, 1.807) is 30.2 Å². The second kappa shape index (κ2) is 7.00. The van der Waals surface area contributed by atoms with Gasteiger partial charge in [0, 0.05) is 47.7 Å². The molecule has 2 aliphatic heterocycles. The van der Waals surface area contributed by atoms with E-state index in [0.29, 0.717) is 19.6 Å². The summed E-state index contributed by atoms with van der Waals surface area (Å²) in [7, 11) is 1.63. The van der Waals surface area contributed by atoms with Crippen molar-refractivity contribution < 1.29 is 19.0 Å². The normalized spacial score (nSPS) is 19.4. The highest BCUT2D eigenvalue weighted by Crippen LogP contribution is 2.45. The van der Waals surface area contributed by atoms with Crippen LogP contribution >= 0.6 is 0 Å². The van der Waals surface area contributed by atoms with Crippen LogP contribution in [0.2, 0.25) is 0 Å². The lowest BCUT2D eigenvalue weighted by atomic mass is 9.69. The van der Waals surface area contributed by atoms with E-state index in [1.807, 2.05) is 18.2 Å². The number of hydrogen-bond acceptors (Lipinski definition) is 4. The second-order valence-corrected chi connectivity index (χ2v) is 7.99.